The lowest BCUT2D eigenvalue weighted by Crippen LogP contribution is -2.32. The van der Waals surface area contributed by atoms with Gasteiger partial charge in [0.05, 0.1) is 13.2 Å². The Morgan fingerprint density at radius 3 is 2.56 bits per heavy atom. The fourth-order valence-electron chi connectivity index (χ4n) is 1.52. The van der Waals surface area contributed by atoms with E-state index in [0.29, 0.717) is 13.2 Å². The molecular formula is C13H20FNO2S. The highest BCUT2D eigenvalue weighted by atomic mass is 32.2. The number of thioether (sulfide) groups is 1. The molecule has 0 aliphatic rings. The smallest absolute Gasteiger partial charge is 0.123 e. The van der Waals surface area contributed by atoms with E-state index < -0.39 is 0 Å². The van der Waals surface area contributed by atoms with Crippen molar-refractivity contribution in [1.82, 2.24) is 4.90 Å². The second-order valence-corrected chi connectivity index (χ2v) is 5.03. The van der Waals surface area contributed by atoms with Crippen LogP contribution in [-0.4, -0.2) is 55.7 Å². The van der Waals surface area contributed by atoms with Crippen LogP contribution in [0.1, 0.15) is 0 Å². The maximum atomic E-state index is 12.7. The van der Waals surface area contributed by atoms with E-state index in [2.05, 4.69) is 4.90 Å². The number of halogens is 1. The summed E-state index contributed by atoms with van der Waals surface area (Å²) in [4.78, 5) is 3.21. The predicted octanol–water partition coefficient (Wildman–Crippen LogP) is 1.86. The van der Waals surface area contributed by atoms with Crippen LogP contribution in [0.4, 0.5) is 4.39 Å². The molecule has 5 heteroatoms. The molecule has 0 aromatic heterocycles. The van der Waals surface area contributed by atoms with Gasteiger partial charge in [-0.25, -0.2) is 4.39 Å². The Hall–Kier alpha value is -0.620. The van der Waals surface area contributed by atoms with Crippen molar-refractivity contribution in [3.05, 3.63) is 30.1 Å². The highest BCUT2D eigenvalue weighted by molar-refractivity contribution is 7.99. The largest absolute Gasteiger partial charge is 0.395 e. The van der Waals surface area contributed by atoms with Crippen molar-refractivity contribution in [2.45, 2.75) is 4.90 Å². The first-order valence-corrected chi connectivity index (χ1v) is 6.95. The van der Waals surface area contributed by atoms with Crippen LogP contribution in [-0.2, 0) is 4.74 Å². The SMILES string of the molecule is COCCN(CCO)CCSc1ccc(F)cc1. The minimum Gasteiger partial charge on any atom is -0.395 e. The number of hydrogen-bond donors (Lipinski definition) is 1. The summed E-state index contributed by atoms with van der Waals surface area (Å²) in [7, 11) is 1.67. The maximum Gasteiger partial charge on any atom is 0.123 e. The molecule has 0 aliphatic heterocycles. The summed E-state index contributed by atoms with van der Waals surface area (Å²) in [5.41, 5.74) is 0. The molecule has 1 aromatic carbocycles. The molecule has 0 atom stereocenters. The monoisotopic (exact) mass is 273 g/mol. The average molecular weight is 273 g/mol. The van der Waals surface area contributed by atoms with Crippen molar-refractivity contribution in [3.8, 4) is 0 Å². The van der Waals surface area contributed by atoms with Crippen molar-refractivity contribution in [1.29, 1.82) is 0 Å². The first kappa shape index (κ1) is 15.4. The van der Waals surface area contributed by atoms with Crippen LogP contribution in [0.5, 0.6) is 0 Å². The average Bonchev–Trinajstić information content (AvgIpc) is 2.38. The Kier molecular flexibility index (Phi) is 8.00. The Labute approximate surface area is 112 Å². The van der Waals surface area contributed by atoms with Gasteiger partial charge in [0, 0.05) is 37.4 Å². The van der Waals surface area contributed by atoms with Gasteiger partial charge in [-0.1, -0.05) is 0 Å². The molecule has 0 bridgehead atoms. The molecule has 0 aliphatic carbocycles. The number of ether oxygens (including phenoxy) is 1. The van der Waals surface area contributed by atoms with E-state index in [1.165, 1.54) is 12.1 Å². The third-order valence-corrected chi connectivity index (χ3v) is 3.51. The van der Waals surface area contributed by atoms with Gasteiger partial charge in [-0.05, 0) is 24.3 Å². The summed E-state index contributed by atoms with van der Waals surface area (Å²) in [5, 5.41) is 8.95. The van der Waals surface area contributed by atoms with Crippen LogP contribution >= 0.6 is 11.8 Å². The van der Waals surface area contributed by atoms with Crippen molar-refractivity contribution in [2.75, 3.05) is 45.7 Å². The molecule has 0 saturated carbocycles. The summed E-state index contributed by atoms with van der Waals surface area (Å²) < 4.78 is 17.7. The van der Waals surface area contributed by atoms with Crippen LogP contribution in [0.3, 0.4) is 0 Å². The number of rotatable bonds is 9. The Bertz CT molecular complexity index is 321. The third kappa shape index (κ3) is 6.35. The number of benzene rings is 1. The number of aliphatic hydroxyl groups is 1. The van der Waals surface area contributed by atoms with Gasteiger partial charge < -0.3 is 9.84 Å². The van der Waals surface area contributed by atoms with E-state index >= 15 is 0 Å². The van der Waals surface area contributed by atoms with Crippen molar-refractivity contribution < 1.29 is 14.2 Å². The molecule has 1 aromatic rings. The summed E-state index contributed by atoms with van der Waals surface area (Å²) in [6.45, 7) is 3.19. The van der Waals surface area contributed by atoms with Crippen molar-refractivity contribution in [2.24, 2.45) is 0 Å². The van der Waals surface area contributed by atoms with Crippen molar-refractivity contribution in [3.63, 3.8) is 0 Å². The number of hydrogen-bond acceptors (Lipinski definition) is 4. The first-order chi connectivity index (χ1) is 8.76. The minimum atomic E-state index is -0.207. The fraction of sp³-hybridized carbons (Fsp3) is 0.538. The lowest BCUT2D eigenvalue weighted by atomic mass is 10.4. The van der Waals surface area contributed by atoms with Crippen LogP contribution in [0, 0.1) is 5.82 Å². The van der Waals surface area contributed by atoms with Crippen LogP contribution in [0.25, 0.3) is 0 Å². The molecular weight excluding hydrogens is 253 g/mol. The van der Waals surface area contributed by atoms with E-state index in [1.54, 1.807) is 31.0 Å². The van der Waals surface area contributed by atoms with E-state index in [4.69, 9.17) is 9.84 Å². The molecule has 3 nitrogen and oxygen atoms in total. The van der Waals surface area contributed by atoms with Crippen LogP contribution < -0.4 is 0 Å². The maximum absolute atomic E-state index is 12.7. The van der Waals surface area contributed by atoms with Crippen LogP contribution in [0.15, 0.2) is 29.2 Å². The predicted molar refractivity (Wildman–Crippen MR) is 72.5 cm³/mol. The molecule has 0 spiro atoms. The molecule has 18 heavy (non-hydrogen) atoms. The van der Waals surface area contributed by atoms with Gasteiger partial charge in [-0.15, -0.1) is 11.8 Å². The number of aliphatic hydroxyl groups excluding tert-OH is 1. The van der Waals surface area contributed by atoms with Crippen LogP contribution in [0.2, 0.25) is 0 Å². The normalized spacial score (nSPS) is 11.1. The second kappa shape index (κ2) is 9.33. The minimum absolute atomic E-state index is 0.158. The molecule has 0 radical (unpaired) electrons. The molecule has 102 valence electrons. The topological polar surface area (TPSA) is 32.7 Å². The molecule has 0 amide bonds. The van der Waals surface area contributed by atoms with Gasteiger partial charge in [0.2, 0.25) is 0 Å². The number of methoxy groups -OCH3 is 1. The van der Waals surface area contributed by atoms with Gasteiger partial charge in [-0.2, -0.15) is 0 Å². The second-order valence-electron chi connectivity index (χ2n) is 3.86. The van der Waals surface area contributed by atoms with E-state index in [1.807, 2.05) is 0 Å². The molecule has 0 heterocycles. The zero-order valence-electron chi connectivity index (χ0n) is 10.6. The highest BCUT2D eigenvalue weighted by Gasteiger charge is 2.04. The molecule has 1 N–H and O–H groups in total. The van der Waals surface area contributed by atoms with Crippen molar-refractivity contribution >= 4 is 11.8 Å². The van der Waals surface area contributed by atoms with E-state index in [9.17, 15) is 4.39 Å². The lowest BCUT2D eigenvalue weighted by Gasteiger charge is -2.20. The Morgan fingerprint density at radius 1 is 1.22 bits per heavy atom. The van der Waals surface area contributed by atoms with Gasteiger partial charge in [-0.3, -0.25) is 4.90 Å². The summed E-state index contributed by atoms with van der Waals surface area (Å²) >= 11 is 1.69. The molecule has 0 unspecified atom stereocenters. The lowest BCUT2D eigenvalue weighted by molar-refractivity contribution is 0.135. The summed E-state index contributed by atoms with van der Waals surface area (Å²) in [5.74, 6) is 0.705. The van der Waals surface area contributed by atoms with Gasteiger partial charge in [0.25, 0.3) is 0 Å². The zero-order chi connectivity index (χ0) is 13.2. The summed E-state index contributed by atoms with van der Waals surface area (Å²) in [6.07, 6.45) is 0. The molecule has 0 saturated heterocycles. The highest BCUT2D eigenvalue weighted by Crippen LogP contribution is 2.17. The molecule has 1 rings (SSSR count). The fourth-order valence-corrected chi connectivity index (χ4v) is 2.43. The third-order valence-electron chi connectivity index (χ3n) is 2.52. The van der Waals surface area contributed by atoms with Gasteiger partial charge in [0.15, 0.2) is 0 Å². The van der Waals surface area contributed by atoms with Gasteiger partial charge >= 0.3 is 0 Å². The number of nitrogens with zero attached hydrogens (tertiary/aromatic N) is 1. The first-order valence-electron chi connectivity index (χ1n) is 5.96. The van der Waals surface area contributed by atoms with E-state index in [-0.39, 0.29) is 12.4 Å². The standard InChI is InChI=1S/C13H20FNO2S/c1-17-10-7-15(6-9-16)8-11-18-13-4-2-12(14)3-5-13/h2-5,16H,6-11H2,1H3. The summed E-state index contributed by atoms with van der Waals surface area (Å²) in [6, 6.07) is 6.51. The van der Waals surface area contributed by atoms with Gasteiger partial charge in [0.1, 0.15) is 5.82 Å². The molecule has 0 fully saturated rings. The Morgan fingerprint density at radius 2 is 1.94 bits per heavy atom. The Balaban J connectivity index is 2.26. The zero-order valence-corrected chi connectivity index (χ0v) is 11.5. The van der Waals surface area contributed by atoms with E-state index in [0.717, 1.165) is 23.7 Å². The quantitative estimate of drug-likeness (QED) is 0.696.